The first-order valence-corrected chi connectivity index (χ1v) is 9.72. The summed E-state index contributed by atoms with van der Waals surface area (Å²) in [4.78, 5) is 9.22. The molecule has 0 amide bonds. The SMILES string of the molecule is CC1=NC2CC(C)=C(Br)CC2C(=NC(C)C2C(F)=C(C(F)(F)F)CC2N)N1. The van der Waals surface area contributed by atoms with Gasteiger partial charge in [-0.05, 0) is 44.5 Å². The molecule has 5 unspecified atom stereocenters. The summed E-state index contributed by atoms with van der Waals surface area (Å²) < 4.78 is 54.6. The van der Waals surface area contributed by atoms with E-state index in [0.29, 0.717) is 18.1 Å². The van der Waals surface area contributed by atoms with Gasteiger partial charge in [0.15, 0.2) is 0 Å². The maximum absolute atomic E-state index is 14.5. The Balaban J connectivity index is 1.89. The number of aliphatic imine (C=N–C) groups is 2. The molecule has 1 aliphatic heterocycles. The highest BCUT2D eigenvalue weighted by molar-refractivity contribution is 9.11. The first kappa shape index (κ1) is 20.5. The van der Waals surface area contributed by atoms with Gasteiger partial charge in [0, 0.05) is 17.9 Å². The number of halogens is 5. The van der Waals surface area contributed by atoms with E-state index in [1.807, 2.05) is 13.8 Å². The van der Waals surface area contributed by atoms with Crippen molar-refractivity contribution in [2.45, 2.75) is 64.3 Å². The number of alkyl halides is 3. The molecule has 1 heterocycles. The predicted molar refractivity (Wildman–Crippen MR) is 102 cm³/mol. The zero-order valence-electron chi connectivity index (χ0n) is 15.4. The molecule has 0 saturated heterocycles. The average molecular weight is 451 g/mol. The first-order chi connectivity index (χ1) is 12.5. The number of rotatable bonds is 2. The van der Waals surface area contributed by atoms with Crippen LogP contribution in [0.3, 0.4) is 0 Å². The summed E-state index contributed by atoms with van der Waals surface area (Å²) in [6.45, 7) is 5.48. The summed E-state index contributed by atoms with van der Waals surface area (Å²) in [6, 6.07) is -1.61. The van der Waals surface area contributed by atoms with E-state index < -0.39 is 42.0 Å². The highest BCUT2D eigenvalue weighted by Gasteiger charge is 2.47. The zero-order chi connectivity index (χ0) is 20.1. The van der Waals surface area contributed by atoms with Gasteiger partial charge in [0.1, 0.15) is 11.7 Å². The lowest BCUT2D eigenvalue weighted by molar-refractivity contribution is -0.0948. The van der Waals surface area contributed by atoms with Crippen molar-refractivity contribution in [1.82, 2.24) is 5.32 Å². The fourth-order valence-corrected chi connectivity index (χ4v) is 4.65. The molecule has 0 aromatic heterocycles. The number of hydrogen-bond acceptors (Lipinski definition) is 3. The van der Waals surface area contributed by atoms with E-state index in [4.69, 9.17) is 5.73 Å². The number of nitrogens with two attached hydrogens (primary N) is 1. The molecule has 0 aromatic carbocycles. The minimum atomic E-state index is -4.70. The second kappa shape index (κ2) is 7.31. The lowest BCUT2D eigenvalue weighted by atomic mass is 9.83. The largest absolute Gasteiger partial charge is 0.415 e. The van der Waals surface area contributed by atoms with Crippen LogP contribution in [0.4, 0.5) is 17.6 Å². The van der Waals surface area contributed by atoms with Crippen LogP contribution in [0.1, 0.15) is 40.0 Å². The van der Waals surface area contributed by atoms with E-state index in [-0.39, 0.29) is 12.0 Å². The molecule has 3 aliphatic rings. The molecule has 27 heavy (non-hydrogen) atoms. The first-order valence-electron chi connectivity index (χ1n) is 8.93. The molecule has 0 fully saturated rings. The molecule has 3 N–H and O–H groups in total. The van der Waals surface area contributed by atoms with E-state index in [9.17, 15) is 17.6 Å². The van der Waals surface area contributed by atoms with Crippen molar-refractivity contribution in [1.29, 1.82) is 0 Å². The Kier molecular flexibility index (Phi) is 5.55. The van der Waals surface area contributed by atoms with E-state index >= 15 is 0 Å². The van der Waals surface area contributed by atoms with Crippen LogP contribution in [0.5, 0.6) is 0 Å². The van der Waals surface area contributed by atoms with Crippen LogP contribution in [0.2, 0.25) is 0 Å². The Bertz CT molecular complexity index is 753. The molecular weight excluding hydrogens is 428 g/mol. The van der Waals surface area contributed by atoms with Gasteiger partial charge in [0.25, 0.3) is 0 Å². The average Bonchev–Trinajstić information content (AvgIpc) is 2.84. The molecule has 9 heteroatoms. The third-order valence-corrected chi connectivity index (χ3v) is 6.55. The molecule has 0 aromatic rings. The number of nitrogens with zero attached hydrogens (tertiary/aromatic N) is 2. The van der Waals surface area contributed by atoms with Crippen LogP contribution in [-0.4, -0.2) is 36.0 Å². The molecule has 5 atom stereocenters. The number of hydrogen-bond donors (Lipinski definition) is 2. The second-order valence-corrected chi connectivity index (χ2v) is 8.54. The molecular formula is C18H23BrF4N4. The van der Waals surface area contributed by atoms with Gasteiger partial charge in [-0.25, -0.2) is 4.39 Å². The summed E-state index contributed by atoms with van der Waals surface area (Å²) >= 11 is 3.58. The third kappa shape index (κ3) is 3.99. The number of amidine groups is 2. The second-order valence-electron chi connectivity index (χ2n) is 7.58. The van der Waals surface area contributed by atoms with Crippen LogP contribution in [0.25, 0.3) is 0 Å². The summed E-state index contributed by atoms with van der Waals surface area (Å²) in [6.07, 6.45) is -3.72. The van der Waals surface area contributed by atoms with Gasteiger partial charge in [-0.1, -0.05) is 21.5 Å². The Morgan fingerprint density at radius 2 is 1.93 bits per heavy atom. The van der Waals surface area contributed by atoms with Crippen LogP contribution in [0, 0.1) is 11.8 Å². The maximum atomic E-state index is 14.5. The molecule has 3 rings (SSSR count). The van der Waals surface area contributed by atoms with Crippen molar-refractivity contribution in [3.05, 3.63) is 21.5 Å². The highest BCUT2D eigenvalue weighted by atomic mass is 79.9. The Morgan fingerprint density at radius 3 is 2.52 bits per heavy atom. The summed E-state index contributed by atoms with van der Waals surface area (Å²) in [5.74, 6) is -0.912. The van der Waals surface area contributed by atoms with Crippen molar-refractivity contribution in [2.75, 3.05) is 0 Å². The zero-order valence-corrected chi connectivity index (χ0v) is 17.0. The van der Waals surface area contributed by atoms with Crippen molar-refractivity contribution in [2.24, 2.45) is 27.6 Å². The van der Waals surface area contributed by atoms with E-state index in [1.54, 1.807) is 6.92 Å². The fraction of sp³-hybridized carbons (Fsp3) is 0.667. The van der Waals surface area contributed by atoms with Crippen LogP contribution < -0.4 is 11.1 Å². The normalized spacial score (nSPS) is 34.6. The van der Waals surface area contributed by atoms with Crippen molar-refractivity contribution in [3.8, 4) is 0 Å². The monoisotopic (exact) mass is 450 g/mol. The molecule has 0 bridgehead atoms. The smallest absolute Gasteiger partial charge is 0.333 e. The Morgan fingerprint density at radius 1 is 1.26 bits per heavy atom. The van der Waals surface area contributed by atoms with Gasteiger partial charge in [-0.15, -0.1) is 0 Å². The third-order valence-electron chi connectivity index (χ3n) is 5.55. The minimum absolute atomic E-state index is 0.0130. The van der Waals surface area contributed by atoms with Gasteiger partial charge in [0.2, 0.25) is 0 Å². The van der Waals surface area contributed by atoms with Gasteiger partial charge >= 0.3 is 6.18 Å². The molecule has 2 aliphatic carbocycles. The van der Waals surface area contributed by atoms with Gasteiger partial charge < -0.3 is 11.1 Å². The predicted octanol–water partition coefficient (Wildman–Crippen LogP) is 4.38. The van der Waals surface area contributed by atoms with Gasteiger partial charge in [-0.2, -0.15) is 13.2 Å². The minimum Gasteiger partial charge on any atom is -0.333 e. The summed E-state index contributed by atoms with van der Waals surface area (Å²) in [7, 11) is 0. The van der Waals surface area contributed by atoms with Crippen LogP contribution >= 0.6 is 15.9 Å². The molecule has 0 saturated carbocycles. The quantitative estimate of drug-likeness (QED) is 0.613. The van der Waals surface area contributed by atoms with Crippen LogP contribution in [-0.2, 0) is 0 Å². The number of fused-ring (bicyclic) bond motifs is 1. The van der Waals surface area contributed by atoms with E-state index in [2.05, 4.69) is 31.2 Å². The van der Waals surface area contributed by atoms with Gasteiger partial charge in [0.05, 0.1) is 23.5 Å². The number of allylic oxidation sites excluding steroid dienone is 1. The van der Waals surface area contributed by atoms with E-state index in [0.717, 1.165) is 10.9 Å². The summed E-state index contributed by atoms with van der Waals surface area (Å²) in [5, 5.41) is 3.13. The molecule has 4 nitrogen and oxygen atoms in total. The highest BCUT2D eigenvalue weighted by Crippen LogP contribution is 2.44. The van der Waals surface area contributed by atoms with E-state index in [1.165, 1.54) is 5.57 Å². The number of nitrogens with one attached hydrogen (secondary N) is 1. The molecule has 0 spiro atoms. The lowest BCUT2D eigenvalue weighted by Gasteiger charge is -2.36. The lowest BCUT2D eigenvalue weighted by Crippen LogP contribution is -2.47. The van der Waals surface area contributed by atoms with Crippen molar-refractivity contribution >= 4 is 27.6 Å². The Hall–Kier alpha value is -1.22. The topological polar surface area (TPSA) is 62.8 Å². The van der Waals surface area contributed by atoms with Crippen molar-refractivity contribution < 1.29 is 17.6 Å². The fourth-order valence-electron chi connectivity index (χ4n) is 4.14. The molecule has 150 valence electrons. The van der Waals surface area contributed by atoms with Crippen LogP contribution in [0.15, 0.2) is 31.4 Å². The Labute approximate surface area is 164 Å². The van der Waals surface area contributed by atoms with Crippen molar-refractivity contribution in [3.63, 3.8) is 0 Å². The summed E-state index contributed by atoms with van der Waals surface area (Å²) in [5.41, 5.74) is 5.92. The van der Waals surface area contributed by atoms with Gasteiger partial charge in [-0.3, -0.25) is 9.98 Å². The maximum Gasteiger partial charge on any atom is 0.415 e. The standard InChI is InChI=1S/C18H23BrF4N4/c1-7-4-14-10(5-12(7)19)17(27-9(3)26-14)25-8(2)15-13(24)6-11(16(15)20)18(21,22)23/h8,10,13-15H,4-6,24H2,1-3H3,(H,25,26,27). The molecule has 0 radical (unpaired) electrons.